The van der Waals surface area contributed by atoms with Gasteiger partial charge in [-0.2, -0.15) is 0 Å². The van der Waals surface area contributed by atoms with Crippen molar-refractivity contribution in [2.75, 3.05) is 23.0 Å². The van der Waals surface area contributed by atoms with E-state index in [-0.39, 0.29) is 37.3 Å². The number of nitrogens with zero attached hydrogens (tertiary/aromatic N) is 3. The van der Waals surface area contributed by atoms with Crippen LogP contribution >= 0.6 is 11.6 Å². The Balaban J connectivity index is 1.17. The maximum absolute atomic E-state index is 16.5. The van der Waals surface area contributed by atoms with Crippen molar-refractivity contribution >= 4 is 49.1 Å². The molecule has 7 rings (SSSR count). The average molecular weight is 732 g/mol. The number of hydrogen-bond donors (Lipinski definition) is 1. The fraction of sp³-hybridized carbons (Fsp3) is 0.475. The second-order valence-electron chi connectivity index (χ2n) is 15.2. The Kier molecular flexibility index (Phi) is 9.90. The fourth-order valence-corrected chi connectivity index (χ4v) is 11.8. The first kappa shape index (κ1) is 35.8. The van der Waals surface area contributed by atoms with E-state index in [1.807, 2.05) is 66.4 Å². The zero-order chi connectivity index (χ0) is 36.1. The van der Waals surface area contributed by atoms with Gasteiger partial charge >= 0.3 is 0 Å². The SMILES string of the molecule is C[C@H]1[C@H]([Si](C)(C)F)[C@@H](CC(=O)N2Cc3ccccc3C[C@H]2CO)O[C@]12C(=O)N(Cc1ccc(N3CCCCCCC3=O)cc1)c1ccc(Cl)cc12. The number of hydrogen-bond acceptors (Lipinski definition) is 5. The van der Waals surface area contributed by atoms with Crippen LogP contribution in [0.1, 0.15) is 67.7 Å². The molecule has 0 radical (unpaired) electrons. The van der Waals surface area contributed by atoms with Crippen molar-refractivity contribution in [2.45, 2.75) is 101 Å². The molecule has 0 bridgehead atoms. The molecule has 1 N–H and O–H groups in total. The highest BCUT2D eigenvalue weighted by molar-refractivity contribution is 6.72. The molecule has 270 valence electrons. The number of anilines is 2. The summed E-state index contributed by atoms with van der Waals surface area (Å²) in [6, 6.07) is 20.6. The molecular formula is C40H47ClFN3O5Si. The van der Waals surface area contributed by atoms with Gasteiger partial charge in [-0.05, 0) is 79.4 Å². The van der Waals surface area contributed by atoms with E-state index in [9.17, 15) is 19.5 Å². The maximum Gasteiger partial charge on any atom is 0.264 e. The molecule has 0 saturated carbocycles. The molecule has 5 atom stereocenters. The van der Waals surface area contributed by atoms with Crippen molar-refractivity contribution in [3.05, 3.63) is 94.0 Å². The number of carbonyl (C=O) groups excluding carboxylic acids is 3. The Hall–Kier alpha value is -3.57. The monoisotopic (exact) mass is 731 g/mol. The Labute approximate surface area is 305 Å². The van der Waals surface area contributed by atoms with Crippen LogP contribution in [0.2, 0.25) is 23.7 Å². The highest BCUT2D eigenvalue weighted by Crippen LogP contribution is 2.60. The number of aliphatic hydroxyl groups excluding tert-OH is 1. The lowest BCUT2D eigenvalue weighted by atomic mass is 9.82. The van der Waals surface area contributed by atoms with Crippen molar-refractivity contribution in [1.29, 1.82) is 0 Å². The van der Waals surface area contributed by atoms with E-state index in [1.54, 1.807) is 35.0 Å². The molecule has 8 nitrogen and oxygen atoms in total. The zero-order valence-corrected chi connectivity index (χ0v) is 31.4. The van der Waals surface area contributed by atoms with Crippen LogP contribution in [0.4, 0.5) is 15.5 Å². The van der Waals surface area contributed by atoms with Crippen LogP contribution in [-0.2, 0) is 44.2 Å². The number of ether oxygens (including phenoxy) is 1. The summed E-state index contributed by atoms with van der Waals surface area (Å²) in [5.41, 5.74) is 2.91. The number of fused-ring (bicyclic) bond motifs is 3. The van der Waals surface area contributed by atoms with Gasteiger partial charge in [0.15, 0.2) is 5.60 Å². The quantitative estimate of drug-likeness (QED) is 0.204. The van der Waals surface area contributed by atoms with Crippen molar-refractivity contribution in [3.8, 4) is 0 Å². The molecule has 0 aromatic heterocycles. The number of aliphatic hydroxyl groups is 1. The summed E-state index contributed by atoms with van der Waals surface area (Å²) in [4.78, 5) is 47.0. The molecule has 0 unspecified atom stereocenters. The van der Waals surface area contributed by atoms with Crippen LogP contribution in [0.5, 0.6) is 0 Å². The molecular weight excluding hydrogens is 685 g/mol. The molecule has 51 heavy (non-hydrogen) atoms. The number of halogens is 2. The van der Waals surface area contributed by atoms with Gasteiger partial charge in [0.25, 0.3) is 5.91 Å². The Morgan fingerprint density at radius 1 is 1.02 bits per heavy atom. The molecule has 2 fully saturated rings. The van der Waals surface area contributed by atoms with E-state index < -0.39 is 37.6 Å². The number of benzene rings is 3. The first-order valence-electron chi connectivity index (χ1n) is 18.3. The van der Waals surface area contributed by atoms with Gasteiger partial charge in [-0.1, -0.05) is 67.8 Å². The summed E-state index contributed by atoms with van der Waals surface area (Å²) in [6.45, 7) is 6.22. The second kappa shape index (κ2) is 14.1. The number of amides is 3. The predicted molar refractivity (Wildman–Crippen MR) is 199 cm³/mol. The maximum atomic E-state index is 16.5. The van der Waals surface area contributed by atoms with Crippen LogP contribution < -0.4 is 9.80 Å². The molecule has 11 heteroatoms. The average Bonchev–Trinajstić information content (AvgIpc) is 3.52. The first-order valence-corrected chi connectivity index (χ1v) is 21.6. The number of rotatable bonds is 7. The third kappa shape index (κ3) is 6.53. The van der Waals surface area contributed by atoms with E-state index in [0.717, 1.165) is 48.1 Å². The fourth-order valence-electron chi connectivity index (χ4n) is 9.10. The molecule has 3 aromatic carbocycles. The number of carbonyl (C=O) groups is 3. The lowest BCUT2D eigenvalue weighted by molar-refractivity contribution is -0.151. The minimum Gasteiger partial charge on any atom is -0.394 e. The Bertz CT molecular complexity index is 1820. The van der Waals surface area contributed by atoms with Crippen LogP contribution in [0.15, 0.2) is 66.7 Å². The second-order valence-corrected chi connectivity index (χ2v) is 19.5. The summed E-state index contributed by atoms with van der Waals surface area (Å²) in [7, 11) is -3.52. The summed E-state index contributed by atoms with van der Waals surface area (Å²) in [6.07, 6.45) is 4.20. The van der Waals surface area contributed by atoms with E-state index >= 15 is 4.11 Å². The molecule has 3 aromatic rings. The summed E-state index contributed by atoms with van der Waals surface area (Å²) in [5, 5.41) is 10.7. The highest BCUT2D eigenvalue weighted by Gasteiger charge is 2.67. The predicted octanol–water partition coefficient (Wildman–Crippen LogP) is 7.29. The highest BCUT2D eigenvalue weighted by atomic mass is 35.5. The van der Waals surface area contributed by atoms with Crippen LogP contribution in [0.3, 0.4) is 0 Å². The standard InChI is InChI=1S/C40H47ClFN3O5Si/c1-26-38(51(2,3)42)35(22-37(48)44-24-29-11-8-7-10-28(29)20-32(44)25-46)50-40(26)33-21-30(41)15-18-34(33)45(39(40)49)23-27-13-16-31(17-14-27)43-19-9-5-4-6-12-36(43)47/h7-8,10-11,13-18,21,26,32,35,38,46H,4-6,9,12,19-20,22-25H2,1-3H3/t26-,32-,35+,38-,40+/m0/s1. The van der Waals surface area contributed by atoms with Gasteiger partial charge in [-0.3, -0.25) is 14.4 Å². The van der Waals surface area contributed by atoms with Gasteiger partial charge in [0.05, 0.1) is 37.4 Å². The van der Waals surface area contributed by atoms with E-state index in [4.69, 9.17) is 16.3 Å². The van der Waals surface area contributed by atoms with Crippen molar-refractivity contribution in [3.63, 3.8) is 0 Å². The smallest absolute Gasteiger partial charge is 0.264 e. The van der Waals surface area contributed by atoms with Crippen LogP contribution in [0.25, 0.3) is 0 Å². The van der Waals surface area contributed by atoms with Gasteiger partial charge in [-0.15, -0.1) is 0 Å². The largest absolute Gasteiger partial charge is 0.394 e. The third-order valence-corrected chi connectivity index (χ3v) is 14.3. The molecule has 4 heterocycles. The summed E-state index contributed by atoms with van der Waals surface area (Å²) in [5.74, 6) is -0.967. The molecule has 0 aliphatic carbocycles. The van der Waals surface area contributed by atoms with Gasteiger partial charge in [-0.25, -0.2) is 0 Å². The third-order valence-electron chi connectivity index (χ3n) is 11.6. The van der Waals surface area contributed by atoms with Crippen molar-refractivity contribution in [1.82, 2.24) is 4.90 Å². The Morgan fingerprint density at radius 3 is 2.47 bits per heavy atom. The van der Waals surface area contributed by atoms with E-state index in [2.05, 4.69) is 0 Å². The summed E-state index contributed by atoms with van der Waals surface area (Å²) < 4.78 is 23.3. The molecule has 1 spiro atoms. The minimum absolute atomic E-state index is 0.102. The van der Waals surface area contributed by atoms with Crippen LogP contribution in [0, 0.1) is 5.92 Å². The normalized spacial score (nSPS) is 26.7. The van der Waals surface area contributed by atoms with E-state index in [0.29, 0.717) is 42.2 Å². The molecule has 3 amide bonds. The minimum atomic E-state index is -3.52. The van der Waals surface area contributed by atoms with Crippen molar-refractivity contribution < 1.29 is 28.3 Å². The molecule has 4 aliphatic rings. The lowest BCUT2D eigenvalue weighted by Gasteiger charge is -2.37. The van der Waals surface area contributed by atoms with E-state index in [1.165, 1.54) is 0 Å². The molecule has 2 saturated heterocycles. The van der Waals surface area contributed by atoms with Gasteiger partial charge in [0.2, 0.25) is 20.2 Å². The Morgan fingerprint density at radius 2 is 1.75 bits per heavy atom. The summed E-state index contributed by atoms with van der Waals surface area (Å²) >= 11 is 6.57. The van der Waals surface area contributed by atoms with Gasteiger partial charge in [0, 0.05) is 47.2 Å². The lowest BCUT2D eigenvalue weighted by Crippen LogP contribution is -2.48. The zero-order valence-electron chi connectivity index (χ0n) is 29.6. The van der Waals surface area contributed by atoms with Crippen molar-refractivity contribution in [2.24, 2.45) is 5.92 Å². The van der Waals surface area contributed by atoms with Gasteiger partial charge in [0.1, 0.15) is 0 Å². The first-order chi connectivity index (χ1) is 24.4. The topological polar surface area (TPSA) is 90.4 Å². The molecule has 4 aliphatic heterocycles. The van der Waals surface area contributed by atoms with Gasteiger partial charge < -0.3 is 28.7 Å². The van der Waals surface area contributed by atoms with Crippen LogP contribution in [-0.4, -0.2) is 61.4 Å².